The van der Waals surface area contributed by atoms with Gasteiger partial charge in [0, 0.05) is 17.1 Å². The molecule has 103 valence electrons. The van der Waals surface area contributed by atoms with E-state index in [4.69, 9.17) is 0 Å². The molecule has 0 aliphatic heterocycles. The molecule has 21 heavy (non-hydrogen) atoms. The molecule has 3 aromatic carbocycles. The predicted molar refractivity (Wildman–Crippen MR) is 89.4 cm³/mol. The maximum absolute atomic E-state index is 3.08. The van der Waals surface area contributed by atoms with E-state index in [0.29, 0.717) is 0 Å². The maximum atomic E-state index is 3.08. The summed E-state index contributed by atoms with van der Waals surface area (Å²) in [5.74, 6) is 0. The van der Waals surface area contributed by atoms with Crippen molar-refractivity contribution < 1.29 is 0 Å². The minimum Gasteiger partial charge on any atom is -0.311 e. The fourth-order valence-corrected chi connectivity index (χ4v) is 2.36. The highest BCUT2D eigenvalue weighted by Gasteiger charge is 2.11. The average molecular weight is 272 g/mol. The Morgan fingerprint density at radius 1 is 0.571 bits per heavy atom. The third-order valence-electron chi connectivity index (χ3n) is 3.54. The number of aryl methyl sites for hydroxylation is 2. The van der Waals surface area contributed by atoms with E-state index in [0.717, 1.165) is 17.1 Å². The van der Waals surface area contributed by atoms with Gasteiger partial charge in [0.25, 0.3) is 0 Å². The topological polar surface area (TPSA) is 3.24 Å². The number of benzene rings is 3. The lowest BCUT2D eigenvalue weighted by Gasteiger charge is -2.25. The Hall–Kier alpha value is -2.54. The van der Waals surface area contributed by atoms with Crippen molar-refractivity contribution in [1.82, 2.24) is 0 Å². The highest BCUT2D eigenvalue weighted by atomic mass is 15.1. The Morgan fingerprint density at radius 3 is 1.38 bits per heavy atom. The second-order valence-corrected chi connectivity index (χ2v) is 5.26. The van der Waals surface area contributed by atoms with Crippen LogP contribution in [0.1, 0.15) is 11.1 Å². The minimum absolute atomic E-state index is 1.14. The monoisotopic (exact) mass is 272 g/mol. The van der Waals surface area contributed by atoms with Crippen LogP contribution in [0.4, 0.5) is 17.1 Å². The van der Waals surface area contributed by atoms with Crippen molar-refractivity contribution in [3.05, 3.63) is 90.0 Å². The summed E-state index contributed by atoms with van der Waals surface area (Å²) < 4.78 is 0. The summed E-state index contributed by atoms with van der Waals surface area (Å²) in [5, 5.41) is 0. The molecule has 0 N–H and O–H groups in total. The Balaban J connectivity index is 2.11. The SMILES string of the molecule is Cc1ccc(N(c2cc[c]cc2)c2ccc(C)cc2)cc1. The van der Waals surface area contributed by atoms with Crippen molar-refractivity contribution in [3.8, 4) is 0 Å². The van der Waals surface area contributed by atoms with Gasteiger partial charge in [-0.2, -0.15) is 0 Å². The fraction of sp³-hybridized carbons (Fsp3) is 0.100. The van der Waals surface area contributed by atoms with Crippen molar-refractivity contribution in [2.24, 2.45) is 0 Å². The largest absolute Gasteiger partial charge is 0.311 e. The standard InChI is InChI=1S/C20H18N/c1-16-8-12-19(13-9-16)21(18-6-4-3-5-7-18)20-14-10-17(2)11-15-20/h4-15H,1-2H3. The maximum Gasteiger partial charge on any atom is 0.0462 e. The quantitative estimate of drug-likeness (QED) is 0.602. The zero-order chi connectivity index (χ0) is 14.7. The molecule has 0 unspecified atom stereocenters. The molecule has 0 fully saturated rings. The molecule has 3 aromatic rings. The van der Waals surface area contributed by atoms with Gasteiger partial charge in [0.15, 0.2) is 0 Å². The van der Waals surface area contributed by atoms with Crippen LogP contribution >= 0.6 is 0 Å². The molecule has 0 atom stereocenters. The number of rotatable bonds is 3. The van der Waals surface area contributed by atoms with Gasteiger partial charge in [-0.15, -0.1) is 0 Å². The van der Waals surface area contributed by atoms with Crippen LogP contribution in [-0.2, 0) is 0 Å². The lowest BCUT2D eigenvalue weighted by Crippen LogP contribution is -2.09. The number of hydrogen-bond donors (Lipinski definition) is 0. The van der Waals surface area contributed by atoms with E-state index in [9.17, 15) is 0 Å². The summed E-state index contributed by atoms with van der Waals surface area (Å²) >= 11 is 0. The van der Waals surface area contributed by atoms with Crippen molar-refractivity contribution in [2.75, 3.05) is 4.90 Å². The van der Waals surface area contributed by atoms with Gasteiger partial charge in [0.05, 0.1) is 0 Å². The summed E-state index contributed by atoms with van der Waals surface area (Å²) in [7, 11) is 0. The second-order valence-electron chi connectivity index (χ2n) is 5.26. The molecule has 0 bridgehead atoms. The van der Waals surface area contributed by atoms with Crippen LogP contribution in [0.2, 0.25) is 0 Å². The lowest BCUT2D eigenvalue weighted by atomic mass is 10.1. The summed E-state index contributed by atoms with van der Waals surface area (Å²) in [4.78, 5) is 2.26. The van der Waals surface area contributed by atoms with E-state index < -0.39 is 0 Å². The smallest absolute Gasteiger partial charge is 0.0462 e. The van der Waals surface area contributed by atoms with Crippen LogP contribution in [0.3, 0.4) is 0 Å². The van der Waals surface area contributed by atoms with Gasteiger partial charge in [-0.1, -0.05) is 47.5 Å². The molecule has 3 rings (SSSR count). The first-order valence-electron chi connectivity index (χ1n) is 7.13. The van der Waals surface area contributed by atoms with Gasteiger partial charge in [-0.05, 0) is 56.3 Å². The molecule has 0 heterocycles. The molecule has 0 saturated heterocycles. The van der Waals surface area contributed by atoms with Crippen LogP contribution in [0, 0.1) is 19.9 Å². The highest BCUT2D eigenvalue weighted by molar-refractivity contribution is 5.76. The summed E-state index contributed by atoms with van der Waals surface area (Å²) in [6, 6.07) is 28.4. The zero-order valence-corrected chi connectivity index (χ0v) is 12.4. The van der Waals surface area contributed by atoms with Crippen LogP contribution < -0.4 is 4.90 Å². The molecular formula is C20H18N. The third kappa shape index (κ3) is 2.97. The second kappa shape index (κ2) is 5.84. The molecule has 0 saturated carbocycles. The van der Waals surface area contributed by atoms with Gasteiger partial charge in [-0.3, -0.25) is 0 Å². The van der Waals surface area contributed by atoms with Crippen molar-refractivity contribution in [1.29, 1.82) is 0 Å². The van der Waals surface area contributed by atoms with Crippen LogP contribution in [0.25, 0.3) is 0 Å². The van der Waals surface area contributed by atoms with E-state index in [1.54, 1.807) is 0 Å². The van der Waals surface area contributed by atoms with Crippen LogP contribution in [0.15, 0.2) is 72.8 Å². The number of nitrogens with zero attached hydrogens (tertiary/aromatic N) is 1. The Morgan fingerprint density at radius 2 is 0.952 bits per heavy atom. The molecule has 1 nitrogen and oxygen atoms in total. The average Bonchev–Trinajstić information content (AvgIpc) is 2.52. The molecule has 0 spiro atoms. The summed E-state index contributed by atoms with van der Waals surface area (Å²) in [5.41, 5.74) is 6.00. The number of anilines is 3. The van der Waals surface area contributed by atoms with E-state index in [1.807, 2.05) is 12.1 Å². The fourth-order valence-electron chi connectivity index (χ4n) is 2.36. The third-order valence-corrected chi connectivity index (χ3v) is 3.54. The Kier molecular flexibility index (Phi) is 3.74. The predicted octanol–water partition coefficient (Wildman–Crippen LogP) is 5.57. The Labute approximate surface area is 126 Å². The summed E-state index contributed by atoms with van der Waals surface area (Å²) in [6.07, 6.45) is 0. The van der Waals surface area contributed by atoms with Crippen molar-refractivity contribution in [2.45, 2.75) is 13.8 Å². The lowest BCUT2D eigenvalue weighted by molar-refractivity contribution is 1.27. The normalized spacial score (nSPS) is 10.4. The molecule has 0 aliphatic carbocycles. The van der Waals surface area contributed by atoms with E-state index >= 15 is 0 Å². The number of hydrogen-bond acceptors (Lipinski definition) is 1. The minimum atomic E-state index is 1.14. The molecular weight excluding hydrogens is 254 g/mol. The van der Waals surface area contributed by atoms with Crippen LogP contribution in [-0.4, -0.2) is 0 Å². The Bertz CT molecular complexity index is 652. The van der Waals surface area contributed by atoms with E-state index in [2.05, 4.69) is 85.5 Å². The van der Waals surface area contributed by atoms with Gasteiger partial charge < -0.3 is 4.90 Å². The molecule has 1 radical (unpaired) electrons. The highest BCUT2D eigenvalue weighted by Crippen LogP contribution is 2.34. The van der Waals surface area contributed by atoms with Gasteiger partial charge in [-0.25, -0.2) is 0 Å². The molecule has 0 aromatic heterocycles. The zero-order valence-electron chi connectivity index (χ0n) is 12.4. The van der Waals surface area contributed by atoms with Gasteiger partial charge >= 0.3 is 0 Å². The van der Waals surface area contributed by atoms with Crippen molar-refractivity contribution in [3.63, 3.8) is 0 Å². The first-order valence-corrected chi connectivity index (χ1v) is 7.13. The van der Waals surface area contributed by atoms with Crippen molar-refractivity contribution >= 4 is 17.1 Å². The summed E-state index contributed by atoms with van der Waals surface area (Å²) in [6.45, 7) is 4.22. The first kappa shape index (κ1) is 13.4. The van der Waals surface area contributed by atoms with E-state index in [1.165, 1.54) is 11.1 Å². The molecule has 0 amide bonds. The first-order chi connectivity index (χ1) is 10.2. The van der Waals surface area contributed by atoms with Crippen LogP contribution in [0.5, 0.6) is 0 Å². The van der Waals surface area contributed by atoms with E-state index in [-0.39, 0.29) is 0 Å². The molecule has 0 aliphatic rings. The van der Waals surface area contributed by atoms with Gasteiger partial charge in [0.2, 0.25) is 0 Å². The van der Waals surface area contributed by atoms with Gasteiger partial charge in [0.1, 0.15) is 0 Å². The molecule has 1 heteroatoms.